The lowest BCUT2D eigenvalue weighted by atomic mass is 10.00. The first-order chi connectivity index (χ1) is 18.1. The molecular weight excluding hydrogens is 464 g/mol. The highest BCUT2D eigenvalue weighted by Crippen LogP contribution is 2.32. The van der Waals surface area contributed by atoms with Crippen LogP contribution in [0.25, 0.3) is 0 Å². The number of anilines is 2. The summed E-state index contributed by atoms with van der Waals surface area (Å²) in [7, 11) is 1.56. The van der Waals surface area contributed by atoms with E-state index in [2.05, 4.69) is 62.7 Å². The first kappa shape index (κ1) is 24.3. The van der Waals surface area contributed by atoms with Gasteiger partial charge in [-0.05, 0) is 54.1 Å². The Morgan fingerprint density at radius 3 is 2.41 bits per heavy atom. The average molecular weight is 495 g/mol. The molecule has 0 saturated carbocycles. The molecule has 5 rings (SSSR count). The van der Waals surface area contributed by atoms with Gasteiger partial charge in [-0.2, -0.15) is 0 Å². The Hall–Kier alpha value is -4.36. The summed E-state index contributed by atoms with van der Waals surface area (Å²) in [5.74, 6) is 0.291. The van der Waals surface area contributed by atoms with Crippen molar-refractivity contribution in [3.8, 4) is 5.75 Å². The molecule has 7 heteroatoms. The summed E-state index contributed by atoms with van der Waals surface area (Å²) in [6.07, 6.45) is 2.50. The van der Waals surface area contributed by atoms with Gasteiger partial charge in [-0.3, -0.25) is 14.5 Å². The summed E-state index contributed by atoms with van der Waals surface area (Å²) in [5, 5.41) is 5.82. The number of hydrogen-bond acceptors (Lipinski definition) is 4. The van der Waals surface area contributed by atoms with E-state index >= 15 is 0 Å². The third kappa shape index (κ3) is 5.57. The minimum atomic E-state index is -0.246. The van der Waals surface area contributed by atoms with Crippen molar-refractivity contribution in [2.75, 3.05) is 30.8 Å². The fraction of sp³-hybridized carbons (Fsp3) is 0.200. The molecule has 1 aliphatic rings. The van der Waals surface area contributed by atoms with Gasteiger partial charge in [0, 0.05) is 49.2 Å². The largest absolute Gasteiger partial charge is 0.495 e. The van der Waals surface area contributed by atoms with Crippen molar-refractivity contribution in [3.63, 3.8) is 0 Å². The molecule has 7 nitrogen and oxygen atoms in total. The molecule has 0 fully saturated rings. The number of carbonyl (C=O) groups excluding carboxylic acids is 2. The SMILES string of the molecule is COc1ccccc1NC(=O)c1ccc(NC(=O)CCN2CCn3cccc3C2c2ccccc2)cc1. The number of hydrogen-bond donors (Lipinski definition) is 2. The number of fused-ring (bicyclic) bond motifs is 1. The Bertz CT molecular complexity index is 1370. The minimum Gasteiger partial charge on any atom is -0.495 e. The summed E-state index contributed by atoms with van der Waals surface area (Å²) in [6.45, 7) is 2.44. The Balaban J connectivity index is 1.19. The lowest BCUT2D eigenvalue weighted by molar-refractivity contribution is -0.116. The Morgan fingerprint density at radius 1 is 0.865 bits per heavy atom. The number of para-hydroxylation sites is 2. The fourth-order valence-electron chi connectivity index (χ4n) is 4.81. The van der Waals surface area contributed by atoms with Gasteiger partial charge >= 0.3 is 0 Å². The van der Waals surface area contributed by atoms with Crippen LogP contribution in [0.4, 0.5) is 11.4 Å². The van der Waals surface area contributed by atoms with Crippen molar-refractivity contribution in [1.82, 2.24) is 9.47 Å². The molecule has 0 saturated heterocycles. The van der Waals surface area contributed by atoms with Gasteiger partial charge in [0.25, 0.3) is 5.91 Å². The van der Waals surface area contributed by atoms with E-state index < -0.39 is 0 Å². The second kappa shape index (κ2) is 11.1. The molecule has 2 heterocycles. The smallest absolute Gasteiger partial charge is 0.255 e. The van der Waals surface area contributed by atoms with E-state index in [1.54, 1.807) is 43.5 Å². The van der Waals surface area contributed by atoms with Crippen LogP contribution in [0, 0.1) is 0 Å². The van der Waals surface area contributed by atoms with Crippen molar-refractivity contribution in [3.05, 3.63) is 114 Å². The summed E-state index contributed by atoms with van der Waals surface area (Å²) >= 11 is 0. The molecule has 1 atom stereocenters. The normalized spacial score (nSPS) is 15.0. The number of aromatic nitrogens is 1. The van der Waals surface area contributed by atoms with Crippen LogP contribution in [0.5, 0.6) is 5.75 Å². The molecule has 37 heavy (non-hydrogen) atoms. The predicted molar refractivity (Wildman–Crippen MR) is 145 cm³/mol. The zero-order valence-corrected chi connectivity index (χ0v) is 20.8. The van der Waals surface area contributed by atoms with Crippen LogP contribution in [0.2, 0.25) is 0 Å². The van der Waals surface area contributed by atoms with Gasteiger partial charge in [0.2, 0.25) is 5.91 Å². The molecule has 0 radical (unpaired) electrons. The van der Waals surface area contributed by atoms with Crippen LogP contribution in [0.1, 0.15) is 34.1 Å². The molecule has 1 aliphatic heterocycles. The molecule has 1 unspecified atom stereocenters. The highest BCUT2D eigenvalue weighted by atomic mass is 16.5. The Morgan fingerprint density at radius 2 is 1.62 bits per heavy atom. The summed E-state index contributed by atoms with van der Waals surface area (Å²) in [4.78, 5) is 27.8. The minimum absolute atomic E-state index is 0.0565. The third-order valence-electron chi connectivity index (χ3n) is 6.67. The number of benzene rings is 3. The molecule has 2 N–H and O–H groups in total. The van der Waals surface area contributed by atoms with Crippen LogP contribution < -0.4 is 15.4 Å². The first-order valence-electron chi connectivity index (χ1n) is 12.4. The maximum absolute atomic E-state index is 12.8. The van der Waals surface area contributed by atoms with E-state index in [4.69, 9.17) is 4.74 Å². The van der Waals surface area contributed by atoms with Crippen LogP contribution >= 0.6 is 0 Å². The summed E-state index contributed by atoms with van der Waals surface area (Å²) in [6, 6.07) is 28.9. The maximum atomic E-state index is 12.8. The van der Waals surface area contributed by atoms with Crippen LogP contribution in [-0.4, -0.2) is 41.5 Å². The molecular formula is C30H30N4O3. The van der Waals surface area contributed by atoms with Gasteiger partial charge in [-0.1, -0.05) is 42.5 Å². The number of methoxy groups -OCH3 is 1. The highest BCUT2D eigenvalue weighted by Gasteiger charge is 2.28. The number of rotatable bonds is 8. The highest BCUT2D eigenvalue weighted by molar-refractivity contribution is 6.05. The van der Waals surface area contributed by atoms with Crippen molar-refractivity contribution >= 4 is 23.2 Å². The molecule has 0 aliphatic carbocycles. The van der Waals surface area contributed by atoms with Gasteiger partial charge in [0.1, 0.15) is 5.75 Å². The van der Waals surface area contributed by atoms with E-state index in [-0.39, 0.29) is 17.9 Å². The average Bonchev–Trinajstić information content (AvgIpc) is 3.42. The second-order valence-corrected chi connectivity index (χ2v) is 9.01. The number of nitrogens with one attached hydrogen (secondary N) is 2. The molecule has 188 valence electrons. The Labute approximate surface area is 216 Å². The van der Waals surface area contributed by atoms with Crippen molar-refractivity contribution < 1.29 is 14.3 Å². The van der Waals surface area contributed by atoms with Crippen molar-refractivity contribution in [1.29, 1.82) is 0 Å². The standard InChI is InChI=1S/C30H30N4O3/c1-37-27-12-6-5-10-25(27)32-30(36)23-13-15-24(16-14-23)31-28(35)17-19-34-21-20-33-18-7-11-26(33)29(34)22-8-3-2-4-9-22/h2-16,18,29H,17,19-21H2,1H3,(H,31,35)(H,32,36). The van der Waals surface area contributed by atoms with Crippen LogP contribution in [-0.2, 0) is 11.3 Å². The molecule has 2 amide bonds. The molecule has 3 aromatic carbocycles. The summed E-state index contributed by atoms with van der Waals surface area (Å²) < 4.78 is 7.58. The molecule has 1 aromatic heterocycles. The number of amides is 2. The van der Waals surface area contributed by atoms with E-state index in [0.29, 0.717) is 35.7 Å². The Kier molecular flexibility index (Phi) is 7.33. The second-order valence-electron chi connectivity index (χ2n) is 9.01. The molecule has 4 aromatic rings. The molecule has 0 spiro atoms. The summed E-state index contributed by atoms with van der Waals surface area (Å²) in [5.41, 5.74) is 4.23. The maximum Gasteiger partial charge on any atom is 0.255 e. The van der Waals surface area contributed by atoms with Crippen molar-refractivity contribution in [2.45, 2.75) is 19.0 Å². The van der Waals surface area contributed by atoms with Gasteiger partial charge < -0.3 is 19.9 Å². The first-order valence-corrected chi connectivity index (χ1v) is 12.4. The number of nitrogens with zero attached hydrogens (tertiary/aromatic N) is 2. The fourth-order valence-corrected chi connectivity index (χ4v) is 4.81. The van der Waals surface area contributed by atoms with E-state index in [0.717, 1.165) is 13.1 Å². The number of ether oxygens (including phenoxy) is 1. The monoisotopic (exact) mass is 494 g/mol. The van der Waals surface area contributed by atoms with Crippen LogP contribution in [0.15, 0.2) is 97.2 Å². The lowest BCUT2D eigenvalue weighted by Crippen LogP contribution is -2.39. The van der Waals surface area contributed by atoms with Crippen LogP contribution in [0.3, 0.4) is 0 Å². The van der Waals surface area contributed by atoms with E-state index in [1.165, 1.54) is 11.3 Å². The van der Waals surface area contributed by atoms with Gasteiger partial charge in [0.15, 0.2) is 0 Å². The number of carbonyl (C=O) groups is 2. The van der Waals surface area contributed by atoms with Gasteiger partial charge in [0.05, 0.1) is 18.8 Å². The van der Waals surface area contributed by atoms with Gasteiger partial charge in [-0.15, -0.1) is 0 Å². The topological polar surface area (TPSA) is 75.6 Å². The zero-order chi connectivity index (χ0) is 25.6. The van der Waals surface area contributed by atoms with E-state index in [9.17, 15) is 9.59 Å². The quantitative estimate of drug-likeness (QED) is 0.354. The van der Waals surface area contributed by atoms with Crippen molar-refractivity contribution in [2.24, 2.45) is 0 Å². The third-order valence-corrected chi connectivity index (χ3v) is 6.67. The molecule has 0 bridgehead atoms. The van der Waals surface area contributed by atoms with E-state index in [1.807, 2.05) is 18.2 Å². The zero-order valence-electron chi connectivity index (χ0n) is 20.8. The van der Waals surface area contributed by atoms with Gasteiger partial charge in [-0.25, -0.2) is 0 Å². The lowest BCUT2D eigenvalue weighted by Gasteiger charge is -2.37. The predicted octanol–water partition coefficient (Wildman–Crippen LogP) is 5.18.